The Balaban J connectivity index is 1.58. The van der Waals surface area contributed by atoms with Crippen LogP contribution in [0.3, 0.4) is 0 Å². The van der Waals surface area contributed by atoms with Crippen LogP contribution in [0.2, 0.25) is 0 Å². The number of benzene rings is 1. The van der Waals surface area contributed by atoms with E-state index >= 15 is 0 Å². The third-order valence-corrected chi connectivity index (χ3v) is 5.00. The molecule has 2 saturated heterocycles. The van der Waals surface area contributed by atoms with Gasteiger partial charge in [0.15, 0.2) is 0 Å². The number of hydrogen-bond acceptors (Lipinski definition) is 2. The molecule has 21 heavy (non-hydrogen) atoms. The predicted octanol–water partition coefficient (Wildman–Crippen LogP) is 2.53. The van der Waals surface area contributed by atoms with E-state index in [4.69, 9.17) is 0 Å². The summed E-state index contributed by atoms with van der Waals surface area (Å²) in [6.07, 6.45) is 6.08. The van der Waals surface area contributed by atoms with E-state index in [2.05, 4.69) is 41.4 Å². The fourth-order valence-corrected chi connectivity index (χ4v) is 3.71. The van der Waals surface area contributed by atoms with Crippen LogP contribution in [0.4, 0.5) is 0 Å². The average molecular weight is 286 g/mol. The van der Waals surface area contributed by atoms with Gasteiger partial charge < -0.3 is 10.2 Å². The van der Waals surface area contributed by atoms with Crippen molar-refractivity contribution in [2.45, 2.75) is 57.5 Å². The molecule has 2 heterocycles. The van der Waals surface area contributed by atoms with Crippen molar-refractivity contribution in [1.82, 2.24) is 10.2 Å². The lowest BCUT2D eigenvalue weighted by Gasteiger charge is -2.28. The largest absolute Gasteiger partial charge is 0.335 e. The lowest BCUT2D eigenvalue weighted by atomic mass is 10.1. The second-order valence-corrected chi connectivity index (χ2v) is 6.35. The van der Waals surface area contributed by atoms with E-state index in [9.17, 15) is 4.79 Å². The maximum absolute atomic E-state index is 12.6. The number of nitrogens with zero attached hydrogens (tertiary/aromatic N) is 1. The highest BCUT2D eigenvalue weighted by molar-refractivity contribution is 5.77. The molecular weight excluding hydrogens is 260 g/mol. The van der Waals surface area contributed by atoms with Gasteiger partial charge in [0.1, 0.15) is 0 Å². The number of fused-ring (bicyclic) bond motifs is 2. The number of aryl methyl sites for hydroxylation is 2. The molecule has 0 aromatic heterocycles. The normalized spacial score (nSPS) is 24.9. The van der Waals surface area contributed by atoms with E-state index in [-0.39, 0.29) is 0 Å². The molecule has 2 aliphatic heterocycles. The van der Waals surface area contributed by atoms with Crippen molar-refractivity contribution in [3.63, 3.8) is 0 Å². The van der Waals surface area contributed by atoms with Crippen molar-refractivity contribution in [1.29, 1.82) is 0 Å². The van der Waals surface area contributed by atoms with Crippen LogP contribution in [0, 0.1) is 0 Å². The third-order valence-electron chi connectivity index (χ3n) is 5.00. The first-order valence-corrected chi connectivity index (χ1v) is 8.37. The molecular formula is C18H26N2O. The summed E-state index contributed by atoms with van der Waals surface area (Å²) in [5.74, 6) is 0.353. The summed E-state index contributed by atoms with van der Waals surface area (Å²) in [5, 5.41) is 3.46. The Morgan fingerprint density at radius 1 is 1.14 bits per heavy atom. The van der Waals surface area contributed by atoms with Gasteiger partial charge in [0.2, 0.25) is 5.91 Å². The molecule has 1 aromatic carbocycles. The van der Waals surface area contributed by atoms with Crippen molar-refractivity contribution < 1.29 is 4.79 Å². The van der Waals surface area contributed by atoms with Crippen molar-refractivity contribution in [3.05, 3.63) is 35.4 Å². The fraction of sp³-hybridized carbons (Fsp3) is 0.611. The highest BCUT2D eigenvalue weighted by Crippen LogP contribution is 2.28. The van der Waals surface area contributed by atoms with Crippen molar-refractivity contribution in [3.8, 4) is 0 Å². The van der Waals surface area contributed by atoms with Gasteiger partial charge in [-0.15, -0.1) is 0 Å². The fourth-order valence-electron chi connectivity index (χ4n) is 3.71. The first-order chi connectivity index (χ1) is 10.3. The smallest absolute Gasteiger partial charge is 0.223 e. The van der Waals surface area contributed by atoms with Gasteiger partial charge in [-0.05, 0) is 49.8 Å². The van der Waals surface area contributed by atoms with Crippen LogP contribution in [0.15, 0.2) is 24.3 Å². The molecule has 3 rings (SSSR count). The van der Waals surface area contributed by atoms with Crippen molar-refractivity contribution in [2.75, 3.05) is 13.1 Å². The van der Waals surface area contributed by atoms with Crippen LogP contribution in [0.1, 0.15) is 43.7 Å². The highest BCUT2D eigenvalue weighted by Gasteiger charge is 2.37. The zero-order valence-electron chi connectivity index (χ0n) is 13.0. The maximum atomic E-state index is 12.6. The van der Waals surface area contributed by atoms with Crippen molar-refractivity contribution >= 4 is 5.91 Å². The Bertz CT molecular complexity index is 468. The summed E-state index contributed by atoms with van der Waals surface area (Å²) >= 11 is 0. The lowest BCUT2D eigenvalue weighted by Crippen LogP contribution is -2.42. The molecule has 0 aliphatic carbocycles. The highest BCUT2D eigenvalue weighted by atomic mass is 16.2. The number of amides is 1. The molecule has 2 unspecified atom stereocenters. The quantitative estimate of drug-likeness (QED) is 0.922. The van der Waals surface area contributed by atoms with Gasteiger partial charge in [-0.25, -0.2) is 0 Å². The van der Waals surface area contributed by atoms with Gasteiger partial charge in [-0.2, -0.15) is 0 Å². The first kappa shape index (κ1) is 14.6. The van der Waals surface area contributed by atoms with Crippen LogP contribution in [-0.2, 0) is 17.6 Å². The van der Waals surface area contributed by atoms with E-state index in [1.165, 1.54) is 24.0 Å². The van der Waals surface area contributed by atoms with Crippen LogP contribution in [0.5, 0.6) is 0 Å². The molecule has 2 atom stereocenters. The predicted molar refractivity (Wildman–Crippen MR) is 85.3 cm³/mol. The summed E-state index contributed by atoms with van der Waals surface area (Å²) in [7, 11) is 0. The van der Waals surface area contributed by atoms with Gasteiger partial charge in [-0.3, -0.25) is 4.79 Å². The molecule has 2 bridgehead atoms. The molecule has 1 amide bonds. The van der Waals surface area contributed by atoms with E-state index < -0.39 is 0 Å². The summed E-state index contributed by atoms with van der Waals surface area (Å²) in [4.78, 5) is 14.8. The van der Waals surface area contributed by atoms with E-state index in [0.717, 1.165) is 32.4 Å². The topological polar surface area (TPSA) is 32.3 Å². The van der Waals surface area contributed by atoms with E-state index in [0.29, 0.717) is 24.4 Å². The molecule has 2 aliphatic rings. The van der Waals surface area contributed by atoms with Gasteiger partial charge in [-0.1, -0.05) is 31.2 Å². The van der Waals surface area contributed by atoms with Crippen molar-refractivity contribution in [2.24, 2.45) is 0 Å². The molecule has 0 spiro atoms. The molecule has 0 saturated carbocycles. The lowest BCUT2D eigenvalue weighted by molar-refractivity contribution is -0.133. The Morgan fingerprint density at radius 3 is 2.62 bits per heavy atom. The van der Waals surface area contributed by atoms with Crippen LogP contribution < -0.4 is 5.32 Å². The molecule has 2 fully saturated rings. The number of nitrogens with one attached hydrogen (secondary N) is 1. The van der Waals surface area contributed by atoms with Crippen LogP contribution in [0.25, 0.3) is 0 Å². The Kier molecular flexibility index (Phi) is 4.59. The van der Waals surface area contributed by atoms with Gasteiger partial charge in [0.05, 0.1) is 0 Å². The van der Waals surface area contributed by atoms with Gasteiger partial charge in [0.25, 0.3) is 0 Å². The van der Waals surface area contributed by atoms with Gasteiger partial charge >= 0.3 is 0 Å². The summed E-state index contributed by atoms with van der Waals surface area (Å²) in [6.45, 7) is 4.21. The zero-order valence-corrected chi connectivity index (χ0v) is 13.0. The first-order valence-electron chi connectivity index (χ1n) is 8.37. The Hall–Kier alpha value is -1.35. The minimum atomic E-state index is 0.353. The number of carbonyl (C=O) groups is 1. The zero-order chi connectivity index (χ0) is 14.7. The third kappa shape index (κ3) is 3.29. The number of hydrogen-bond donors (Lipinski definition) is 1. The Morgan fingerprint density at radius 2 is 1.86 bits per heavy atom. The summed E-state index contributed by atoms with van der Waals surface area (Å²) in [5.41, 5.74) is 2.64. The number of carbonyl (C=O) groups excluding carboxylic acids is 1. The average Bonchev–Trinajstić information content (AvgIpc) is 2.78. The molecule has 1 aromatic rings. The van der Waals surface area contributed by atoms with Gasteiger partial charge in [0, 0.05) is 25.0 Å². The minimum Gasteiger partial charge on any atom is -0.335 e. The molecule has 0 radical (unpaired) electrons. The molecule has 3 heteroatoms. The number of rotatable bonds is 4. The SMILES string of the molecule is CCc1ccc(CCC(=O)N2C3CCNCC2CC3)cc1. The standard InChI is InChI=1S/C18H26N2O/c1-2-14-3-5-15(6-4-14)7-10-18(21)20-16-8-9-17(20)13-19-12-11-16/h3-6,16-17,19H,2,7-13H2,1H3. The monoisotopic (exact) mass is 286 g/mol. The summed E-state index contributed by atoms with van der Waals surface area (Å²) in [6, 6.07) is 9.63. The maximum Gasteiger partial charge on any atom is 0.223 e. The second-order valence-electron chi connectivity index (χ2n) is 6.35. The molecule has 1 N–H and O–H groups in total. The Labute approximate surface area is 127 Å². The summed E-state index contributed by atoms with van der Waals surface area (Å²) < 4.78 is 0. The molecule has 3 nitrogen and oxygen atoms in total. The second kappa shape index (κ2) is 6.61. The molecule has 114 valence electrons. The van der Waals surface area contributed by atoms with Crippen LogP contribution >= 0.6 is 0 Å². The minimum absolute atomic E-state index is 0.353. The van der Waals surface area contributed by atoms with E-state index in [1.54, 1.807) is 0 Å². The van der Waals surface area contributed by atoms with Crippen LogP contribution in [-0.4, -0.2) is 36.0 Å². The van der Waals surface area contributed by atoms with E-state index in [1.807, 2.05) is 0 Å².